The molecule has 0 saturated heterocycles. The van der Waals surface area contributed by atoms with Gasteiger partial charge in [-0.25, -0.2) is 9.97 Å². The number of rotatable bonds is 3. The van der Waals surface area contributed by atoms with Crippen molar-refractivity contribution >= 4 is 17.4 Å². The van der Waals surface area contributed by atoms with E-state index in [4.69, 9.17) is 22.1 Å². The monoisotopic (exact) mass is 429 g/mol. The van der Waals surface area contributed by atoms with Crippen LogP contribution >= 0.6 is 11.6 Å². The lowest BCUT2D eigenvalue weighted by Gasteiger charge is -2.15. The molecule has 3 aromatic rings. The lowest BCUT2D eigenvalue weighted by molar-refractivity contribution is -0.137. The molecule has 6 nitrogen and oxygen atoms in total. The van der Waals surface area contributed by atoms with Crippen LogP contribution in [0.1, 0.15) is 16.7 Å². The summed E-state index contributed by atoms with van der Waals surface area (Å²) in [5.74, 6) is 0.0439. The third-order valence-electron chi connectivity index (χ3n) is 4.19. The third kappa shape index (κ3) is 3.71. The van der Waals surface area contributed by atoms with Crippen molar-refractivity contribution in [1.29, 1.82) is 10.5 Å². The van der Waals surface area contributed by atoms with Crippen molar-refractivity contribution in [3.63, 3.8) is 0 Å². The Bertz CT molecular complexity index is 1230. The van der Waals surface area contributed by atoms with Gasteiger partial charge in [0.1, 0.15) is 29.2 Å². The first-order chi connectivity index (χ1) is 14.2. The lowest BCUT2D eigenvalue weighted by atomic mass is 9.93. The quantitative estimate of drug-likeness (QED) is 0.639. The van der Waals surface area contributed by atoms with E-state index < -0.39 is 16.8 Å². The number of aromatic nitrogens is 2. The first kappa shape index (κ1) is 20.9. The predicted octanol–water partition coefficient (Wildman–Crippen LogP) is 4.82. The minimum absolute atomic E-state index is 0.0164. The molecule has 1 aromatic carbocycles. The van der Waals surface area contributed by atoms with Crippen LogP contribution in [0.4, 0.5) is 19.0 Å². The second-order valence-corrected chi connectivity index (χ2v) is 6.36. The van der Waals surface area contributed by atoms with Gasteiger partial charge in [0.15, 0.2) is 0 Å². The number of nitrogen functional groups attached to an aromatic ring is 1. The van der Waals surface area contributed by atoms with E-state index >= 15 is 0 Å². The minimum Gasteiger partial charge on any atom is -0.481 e. The van der Waals surface area contributed by atoms with Crippen molar-refractivity contribution in [2.45, 2.75) is 6.18 Å². The van der Waals surface area contributed by atoms with Gasteiger partial charge >= 0.3 is 6.18 Å². The van der Waals surface area contributed by atoms with Crippen LogP contribution in [0, 0.1) is 22.7 Å². The number of hydrogen-bond donors (Lipinski definition) is 1. The van der Waals surface area contributed by atoms with Crippen molar-refractivity contribution in [3.05, 3.63) is 58.1 Å². The second kappa shape index (κ2) is 7.90. The van der Waals surface area contributed by atoms with Gasteiger partial charge in [-0.2, -0.15) is 23.7 Å². The fraction of sp³-hybridized carbons (Fsp3) is 0.100. The smallest absolute Gasteiger partial charge is 0.417 e. The fourth-order valence-electron chi connectivity index (χ4n) is 2.86. The van der Waals surface area contributed by atoms with Crippen LogP contribution < -0.4 is 10.5 Å². The molecule has 0 unspecified atom stereocenters. The molecule has 0 bridgehead atoms. The molecule has 3 rings (SSSR count). The Kier molecular flexibility index (Phi) is 5.50. The highest BCUT2D eigenvalue weighted by atomic mass is 35.5. The van der Waals surface area contributed by atoms with E-state index in [9.17, 15) is 23.7 Å². The van der Waals surface area contributed by atoms with Crippen LogP contribution in [0.5, 0.6) is 5.88 Å². The molecule has 0 saturated carbocycles. The van der Waals surface area contributed by atoms with E-state index in [2.05, 4.69) is 9.97 Å². The van der Waals surface area contributed by atoms with Crippen LogP contribution in [-0.2, 0) is 6.18 Å². The van der Waals surface area contributed by atoms with Gasteiger partial charge in [0.25, 0.3) is 0 Å². The van der Waals surface area contributed by atoms with Crippen molar-refractivity contribution < 1.29 is 17.9 Å². The highest BCUT2D eigenvalue weighted by Gasteiger charge is 2.33. The van der Waals surface area contributed by atoms with Crippen molar-refractivity contribution in [3.8, 4) is 40.5 Å². The third-order valence-corrected chi connectivity index (χ3v) is 4.50. The summed E-state index contributed by atoms with van der Waals surface area (Å²) in [5, 5.41) is 18.8. The van der Waals surface area contributed by atoms with E-state index in [1.807, 2.05) is 12.1 Å². The van der Waals surface area contributed by atoms with Gasteiger partial charge in [0.2, 0.25) is 5.88 Å². The van der Waals surface area contributed by atoms with Crippen molar-refractivity contribution in [2.75, 3.05) is 12.8 Å². The zero-order chi connectivity index (χ0) is 22.1. The predicted molar refractivity (Wildman–Crippen MR) is 103 cm³/mol. The minimum atomic E-state index is -4.65. The molecule has 2 heterocycles. The van der Waals surface area contributed by atoms with E-state index in [0.717, 1.165) is 18.2 Å². The van der Waals surface area contributed by atoms with E-state index in [-0.39, 0.29) is 45.3 Å². The lowest BCUT2D eigenvalue weighted by Crippen LogP contribution is -2.07. The Morgan fingerprint density at radius 1 is 1.07 bits per heavy atom. The maximum absolute atomic E-state index is 13.1. The van der Waals surface area contributed by atoms with Crippen LogP contribution in [0.3, 0.4) is 0 Å². The largest absolute Gasteiger partial charge is 0.481 e. The molecule has 0 aliphatic carbocycles. The molecule has 150 valence electrons. The summed E-state index contributed by atoms with van der Waals surface area (Å²) in [7, 11) is 1.41. The molecule has 0 aliphatic heterocycles. The molecule has 0 spiro atoms. The molecule has 0 radical (unpaired) electrons. The molecule has 2 N–H and O–H groups in total. The molecule has 2 aromatic heterocycles. The Morgan fingerprint density at radius 3 is 2.33 bits per heavy atom. The van der Waals surface area contributed by atoms with Gasteiger partial charge in [-0.3, -0.25) is 0 Å². The molecule has 0 atom stereocenters. The summed E-state index contributed by atoms with van der Waals surface area (Å²) in [6.45, 7) is 0. The van der Waals surface area contributed by atoms with Gasteiger partial charge in [0, 0.05) is 11.6 Å². The SMILES string of the molecule is COc1cccc(-c2nc(N)c(C#N)c(-c3ccc(C(F)(F)F)c(Cl)c3)c2C#N)n1. The first-order valence-electron chi connectivity index (χ1n) is 8.23. The van der Waals surface area contributed by atoms with Gasteiger partial charge in [0.05, 0.1) is 29.0 Å². The molecule has 0 aliphatic rings. The van der Waals surface area contributed by atoms with Gasteiger partial charge in [-0.05, 0) is 23.8 Å². The maximum atomic E-state index is 13.1. The van der Waals surface area contributed by atoms with E-state index in [1.54, 1.807) is 18.2 Å². The fourth-order valence-corrected chi connectivity index (χ4v) is 3.15. The Labute approximate surface area is 173 Å². The number of methoxy groups -OCH3 is 1. The standard InChI is InChI=1S/C20H11ClF3N5O/c1-30-16-4-2-3-15(28-16)18-11(8-25)17(12(9-26)19(27)29-18)10-5-6-13(14(21)7-10)20(22,23)24/h2-7H,1H3,(H2,27,29). The number of nitrogens with zero attached hydrogens (tertiary/aromatic N) is 4. The van der Waals surface area contributed by atoms with Gasteiger partial charge in [-0.15, -0.1) is 0 Å². The molecule has 0 amide bonds. The Morgan fingerprint density at radius 2 is 1.77 bits per heavy atom. The normalized spacial score (nSPS) is 10.9. The number of nitriles is 2. The first-order valence-corrected chi connectivity index (χ1v) is 8.61. The molecular weight excluding hydrogens is 419 g/mol. The molecular formula is C20H11ClF3N5O. The summed E-state index contributed by atoms with van der Waals surface area (Å²) in [6.07, 6.45) is -4.65. The second-order valence-electron chi connectivity index (χ2n) is 5.95. The summed E-state index contributed by atoms with van der Waals surface area (Å²) in [6, 6.07) is 11.5. The van der Waals surface area contributed by atoms with Crippen LogP contribution in [-0.4, -0.2) is 17.1 Å². The number of hydrogen-bond acceptors (Lipinski definition) is 6. The number of pyridine rings is 2. The summed E-state index contributed by atoms with van der Waals surface area (Å²) in [5.41, 5.74) is 5.06. The average Bonchev–Trinajstić information content (AvgIpc) is 2.71. The summed E-state index contributed by atoms with van der Waals surface area (Å²) in [4.78, 5) is 8.34. The van der Waals surface area contributed by atoms with Gasteiger partial charge in [-0.1, -0.05) is 23.7 Å². The molecule has 0 fully saturated rings. The topological polar surface area (TPSA) is 109 Å². The van der Waals surface area contributed by atoms with E-state index in [1.165, 1.54) is 7.11 Å². The molecule has 10 heteroatoms. The van der Waals surface area contributed by atoms with Crippen LogP contribution in [0.15, 0.2) is 36.4 Å². The number of halogens is 4. The Balaban J connectivity index is 2.34. The number of ether oxygens (including phenoxy) is 1. The molecule has 30 heavy (non-hydrogen) atoms. The zero-order valence-electron chi connectivity index (χ0n) is 15.3. The average molecular weight is 430 g/mol. The summed E-state index contributed by atoms with van der Waals surface area (Å²) < 4.78 is 44.2. The van der Waals surface area contributed by atoms with Crippen molar-refractivity contribution in [1.82, 2.24) is 9.97 Å². The zero-order valence-corrected chi connectivity index (χ0v) is 16.0. The number of nitrogens with two attached hydrogens (primary N) is 1. The number of alkyl halides is 3. The van der Waals surface area contributed by atoms with E-state index in [0.29, 0.717) is 0 Å². The number of benzene rings is 1. The van der Waals surface area contributed by atoms with Crippen LogP contribution in [0.25, 0.3) is 22.5 Å². The van der Waals surface area contributed by atoms with Gasteiger partial charge < -0.3 is 10.5 Å². The maximum Gasteiger partial charge on any atom is 0.417 e. The van der Waals surface area contributed by atoms with Crippen LogP contribution in [0.2, 0.25) is 5.02 Å². The van der Waals surface area contributed by atoms with Crippen molar-refractivity contribution in [2.24, 2.45) is 0 Å². The summed E-state index contributed by atoms with van der Waals surface area (Å²) >= 11 is 5.83. The number of anilines is 1. The highest BCUT2D eigenvalue weighted by Crippen LogP contribution is 2.40. The Hall–Kier alpha value is -3.82. The highest BCUT2D eigenvalue weighted by molar-refractivity contribution is 6.31.